The van der Waals surface area contributed by atoms with Crippen molar-refractivity contribution in [3.05, 3.63) is 29.8 Å². The van der Waals surface area contributed by atoms with Crippen molar-refractivity contribution in [2.45, 2.75) is 19.6 Å². The Morgan fingerprint density at radius 1 is 1.35 bits per heavy atom. The number of ether oxygens (including phenoxy) is 3. The molecular weight excluding hydrogens is 224 g/mol. The zero-order valence-electron chi connectivity index (χ0n) is 9.34. The lowest BCUT2D eigenvalue weighted by molar-refractivity contribution is -0.151. The quantitative estimate of drug-likeness (QED) is 0.744. The van der Waals surface area contributed by atoms with Gasteiger partial charge >= 0.3 is 11.9 Å². The highest BCUT2D eigenvalue weighted by molar-refractivity contribution is 5.93. The van der Waals surface area contributed by atoms with Crippen LogP contribution in [0.15, 0.2) is 24.3 Å². The van der Waals surface area contributed by atoms with Gasteiger partial charge in [-0.3, -0.25) is 4.79 Å². The van der Waals surface area contributed by atoms with Crippen molar-refractivity contribution < 1.29 is 23.8 Å². The molecule has 0 aromatic heterocycles. The highest BCUT2D eigenvalue weighted by Crippen LogP contribution is 2.26. The predicted molar refractivity (Wildman–Crippen MR) is 57.5 cm³/mol. The van der Waals surface area contributed by atoms with Gasteiger partial charge in [-0.1, -0.05) is 12.1 Å². The SMILES string of the molecule is CCOC(=O)CC1OC(=O)c2ccccc2O1. The number of carbonyl (C=O) groups excluding carboxylic acids is 2. The molecule has 0 aliphatic carbocycles. The van der Waals surface area contributed by atoms with E-state index >= 15 is 0 Å². The Morgan fingerprint density at radius 2 is 2.12 bits per heavy atom. The van der Waals surface area contributed by atoms with E-state index in [-0.39, 0.29) is 13.0 Å². The topological polar surface area (TPSA) is 61.8 Å². The van der Waals surface area contributed by atoms with Gasteiger partial charge in [-0.25, -0.2) is 4.79 Å². The number of benzene rings is 1. The lowest BCUT2D eigenvalue weighted by Gasteiger charge is -2.24. The highest BCUT2D eigenvalue weighted by Gasteiger charge is 2.29. The zero-order valence-corrected chi connectivity index (χ0v) is 9.34. The molecule has 0 saturated carbocycles. The number of hydrogen-bond acceptors (Lipinski definition) is 5. The summed E-state index contributed by atoms with van der Waals surface area (Å²) in [5.41, 5.74) is 0.368. The molecule has 0 saturated heterocycles. The Bertz CT molecular complexity index is 440. The molecule has 1 atom stereocenters. The maximum Gasteiger partial charge on any atom is 0.345 e. The molecule has 1 unspecified atom stereocenters. The number of para-hydroxylation sites is 1. The Morgan fingerprint density at radius 3 is 2.88 bits per heavy atom. The van der Waals surface area contributed by atoms with Crippen LogP contribution in [0.1, 0.15) is 23.7 Å². The second-order valence-corrected chi connectivity index (χ2v) is 3.46. The zero-order chi connectivity index (χ0) is 12.3. The lowest BCUT2D eigenvalue weighted by Crippen LogP contribution is -2.32. The summed E-state index contributed by atoms with van der Waals surface area (Å²) < 4.78 is 15.1. The van der Waals surface area contributed by atoms with Crippen LogP contribution in [0.2, 0.25) is 0 Å². The first-order chi connectivity index (χ1) is 8.20. The minimum absolute atomic E-state index is 0.103. The van der Waals surface area contributed by atoms with Crippen molar-refractivity contribution in [3.8, 4) is 5.75 Å². The summed E-state index contributed by atoms with van der Waals surface area (Å²) >= 11 is 0. The molecule has 0 N–H and O–H groups in total. The van der Waals surface area contributed by atoms with Crippen LogP contribution in [0, 0.1) is 0 Å². The Hall–Kier alpha value is -2.04. The molecule has 1 aliphatic rings. The van der Waals surface area contributed by atoms with Crippen molar-refractivity contribution >= 4 is 11.9 Å². The third-order valence-corrected chi connectivity index (χ3v) is 2.24. The second-order valence-electron chi connectivity index (χ2n) is 3.46. The average molecular weight is 236 g/mol. The number of esters is 2. The fourth-order valence-electron chi connectivity index (χ4n) is 1.53. The number of rotatable bonds is 3. The Balaban J connectivity index is 2.07. The van der Waals surface area contributed by atoms with E-state index in [9.17, 15) is 9.59 Å². The smallest absolute Gasteiger partial charge is 0.345 e. The van der Waals surface area contributed by atoms with E-state index in [1.165, 1.54) is 0 Å². The molecule has 5 heteroatoms. The minimum atomic E-state index is -0.906. The van der Waals surface area contributed by atoms with Crippen molar-refractivity contribution in [1.29, 1.82) is 0 Å². The van der Waals surface area contributed by atoms with Crippen LogP contribution in [-0.4, -0.2) is 24.8 Å². The first-order valence-electron chi connectivity index (χ1n) is 5.33. The van der Waals surface area contributed by atoms with Crippen LogP contribution >= 0.6 is 0 Å². The van der Waals surface area contributed by atoms with Crippen molar-refractivity contribution in [3.63, 3.8) is 0 Å². The Labute approximate surface area is 98.3 Å². The van der Waals surface area contributed by atoms with E-state index < -0.39 is 18.2 Å². The van der Waals surface area contributed by atoms with Crippen molar-refractivity contribution in [1.82, 2.24) is 0 Å². The molecule has 0 bridgehead atoms. The molecule has 90 valence electrons. The molecule has 1 aliphatic heterocycles. The van der Waals surface area contributed by atoms with Crippen LogP contribution in [-0.2, 0) is 14.3 Å². The van der Waals surface area contributed by atoms with E-state index in [1.807, 2.05) is 0 Å². The van der Waals surface area contributed by atoms with Crippen LogP contribution in [0.3, 0.4) is 0 Å². The van der Waals surface area contributed by atoms with Gasteiger partial charge in [0.15, 0.2) is 0 Å². The molecule has 17 heavy (non-hydrogen) atoms. The van der Waals surface area contributed by atoms with E-state index in [0.717, 1.165) is 0 Å². The summed E-state index contributed by atoms with van der Waals surface area (Å²) in [6.07, 6.45) is -1.01. The molecule has 0 radical (unpaired) electrons. The van der Waals surface area contributed by atoms with Crippen molar-refractivity contribution in [2.75, 3.05) is 6.61 Å². The van der Waals surface area contributed by atoms with Crippen LogP contribution < -0.4 is 4.74 Å². The van der Waals surface area contributed by atoms with E-state index in [2.05, 4.69) is 0 Å². The largest absolute Gasteiger partial charge is 0.466 e. The summed E-state index contributed by atoms with van der Waals surface area (Å²) in [5.74, 6) is -0.510. The molecule has 0 spiro atoms. The van der Waals surface area contributed by atoms with Gasteiger partial charge in [-0.2, -0.15) is 0 Å². The van der Waals surface area contributed by atoms with Gasteiger partial charge in [0, 0.05) is 0 Å². The monoisotopic (exact) mass is 236 g/mol. The average Bonchev–Trinajstić information content (AvgIpc) is 2.29. The maximum atomic E-state index is 11.6. The molecule has 0 fully saturated rings. The third-order valence-electron chi connectivity index (χ3n) is 2.24. The predicted octanol–water partition coefficient (Wildman–Crippen LogP) is 1.52. The van der Waals surface area contributed by atoms with Crippen LogP contribution in [0.4, 0.5) is 0 Å². The highest BCUT2D eigenvalue weighted by atomic mass is 16.7. The van der Waals surface area contributed by atoms with Gasteiger partial charge in [0.25, 0.3) is 6.29 Å². The lowest BCUT2D eigenvalue weighted by atomic mass is 10.2. The van der Waals surface area contributed by atoms with Gasteiger partial charge in [-0.05, 0) is 19.1 Å². The normalized spacial score (nSPS) is 17.7. The molecule has 0 amide bonds. The number of hydrogen-bond donors (Lipinski definition) is 0. The summed E-state index contributed by atoms with van der Waals surface area (Å²) in [4.78, 5) is 22.8. The fourth-order valence-corrected chi connectivity index (χ4v) is 1.53. The van der Waals surface area contributed by atoms with E-state index in [4.69, 9.17) is 14.2 Å². The van der Waals surface area contributed by atoms with Gasteiger partial charge in [0.2, 0.25) is 0 Å². The maximum absolute atomic E-state index is 11.6. The van der Waals surface area contributed by atoms with E-state index in [1.54, 1.807) is 31.2 Å². The van der Waals surface area contributed by atoms with E-state index in [0.29, 0.717) is 11.3 Å². The number of cyclic esters (lactones) is 1. The first kappa shape index (κ1) is 11.4. The molecule has 1 heterocycles. The van der Waals surface area contributed by atoms with Crippen LogP contribution in [0.25, 0.3) is 0 Å². The number of fused-ring (bicyclic) bond motifs is 1. The first-order valence-corrected chi connectivity index (χ1v) is 5.33. The van der Waals surface area contributed by atoms with Gasteiger partial charge < -0.3 is 14.2 Å². The van der Waals surface area contributed by atoms with Gasteiger partial charge in [-0.15, -0.1) is 0 Å². The molecule has 1 aromatic rings. The molecule has 1 aromatic carbocycles. The third kappa shape index (κ3) is 2.55. The summed E-state index contributed by atoms with van der Waals surface area (Å²) in [7, 11) is 0. The van der Waals surface area contributed by atoms with Gasteiger partial charge in [0.1, 0.15) is 17.7 Å². The Kier molecular flexibility index (Phi) is 3.27. The summed E-state index contributed by atoms with van der Waals surface area (Å²) in [6.45, 7) is 2.00. The minimum Gasteiger partial charge on any atom is -0.466 e. The molecular formula is C12H12O5. The summed E-state index contributed by atoms with van der Waals surface area (Å²) in [5, 5.41) is 0. The second kappa shape index (κ2) is 4.86. The standard InChI is InChI=1S/C12H12O5/c1-2-15-10(13)7-11-16-9-6-4-3-5-8(9)12(14)17-11/h3-6,11H,2,7H2,1H3. The van der Waals surface area contributed by atoms with Crippen LogP contribution in [0.5, 0.6) is 5.75 Å². The van der Waals surface area contributed by atoms with Crippen molar-refractivity contribution in [2.24, 2.45) is 0 Å². The molecule has 2 rings (SSSR count). The molecule has 5 nitrogen and oxygen atoms in total. The summed E-state index contributed by atoms with van der Waals surface area (Å²) in [6, 6.07) is 6.74. The number of carbonyl (C=O) groups is 2. The fraction of sp³-hybridized carbons (Fsp3) is 0.333. The van der Waals surface area contributed by atoms with Gasteiger partial charge in [0.05, 0.1) is 6.61 Å².